The van der Waals surface area contributed by atoms with Crippen molar-refractivity contribution in [3.8, 4) is 0 Å². The van der Waals surface area contributed by atoms with Crippen LogP contribution in [-0.4, -0.2) is 61.5 Å². The fourth-order valence-electron chi connectivity index (χ4n) is 4.65. The first-order valence-electron chi connectivity index (χ1n) is 11.7. The molecular weight excluding hydrogens is 449 g/mol. The van der Waals surface area contributed by atoms with Crippen molar-refractivity contribution < 1.29 is 14.3 Å². The molecule has 1 aliphatic heterocycles. The van der Waals surface area contributed by atoms with Crippen molar-refractivity contribution in [2.75, 3.05) is 29.9 Å². The van der Waals surface area contributed by atoms with Crippen LogP contribution in [-0.2, 0) is 7.05 Å². The summed E-state index contributed by atoms with van der Waals surface area (Å²) in [5.74, 6) is -0.863. The van der Waals surface area contributed by atoms with Gasteiger partial charge in [0.2, 0.25) is 0 Å². The Morgan fingerprint density at radius 1 is 1.29 bits per heavy atom. The second-order valence-corrected chi connectivity index (χ2v) is 9.97. The number of aliphatic hydroxyl groups is 1. The number of aryl methyl sites for hydroxylation is 2. The summed E-state index contributed by atoms with van der Waals surface area (Å²) in [5, 5.41) is 21.7. The van der Waals surface area contributed by atoms with Gasteiger partial charge in [0.1, 0.15) is 5.52 Å². The highest BCUT2D eigenvalue weighted by molar-refractivity contribution is 6.13. The smallest absolute Gasteiger partial charge is 0.257 e. The molecule has 1 amide bonds. The van der Waals surface area contributed by atoms with Crippen molar-refractivity contribution >= 4 is 33.8 Å². The summed E-state index contributed by atoms with van der Waals surface area (Å²) >= 11 is 0. The third kappa shape index (κ3) is 4.71. The van der Waals surface area contributed by atoms with Gasteiger partial charge in [0.05, 0.1) is 22.5 Å². The highest BCUT2D eigenvalue weighted by Crippen LogP contribution is 2.31. The number of nitrogens with zero attached hydrogens (tertiary/aromatic N) is 5. The Morgan fingerprint density at radius 3 is 2.86 bits per heavy atom. The normalized spacial score (nSPS) is 16.5. The molecule has 0 aliphatic carbocycles. The number of carbonyl (C=O) groups is 1. The molecule has 3 aromatic heterocycles. The molecule has 1 fully saturated rings. The quantitative estimate of drug-likeness (QED) is 0.393. The standard InChI is InChI=1S/C25H30FN7O2/c1-15-10-33-12-17(9-20(26)23(33)28-15)29-24(34)18-5-6-21(19-13-31(4)30-22(18)19)32-8-7-16(11-32)27-14-25(2,3)35/h5-6,9-10,12-13,16,27,35H,7-8,11,14H2,1-4H3,(H,29,34)/t16-/m0/s1. The highest BCUT2D eigenvalue weighted by Gasteiger charge is 2.27. The first-order chi connectivity index (χ1) is 16.6. The van der Waals surface area contributed by atoms with E-state index in [-0.39, 0.29) is 17.6 Å². The number of benzene rings is 1. The third-order valence-corrected chi connectivity index (χ3v) is 6.25. The number of rotatable bonds is 6. The maximum atomic E-state index is 14.5. The molecule has 1 atom stereocenters. The van der Waals surface area contributed by atoms with Crippen molar-refractivity contribution in [1.29, 1.82) is 0 Å². The molecular formula is C25H30FN7O2. The number of hydrogen-bond acceptors (Lipinski definition) is 6. The fourth-order valence-corrected chi connectivity index (χ4v) is 4.65. The van der Waals surface area contributed by atoms with E-state index in [2.05, 4.69) is 25.6 Å². The van der Waals surface area contributed by atoms with Gasteiger partial charge < -0.3 is 25.0 Å². The van der Waals surface area contributed by atoms with E-state index in [9.17, 15) is 14.3 Å². The van der Waals surface area contributed by atoms with Gasteiger partial charge in [0, 0.05) is 68.5 Å². The first kappa shape index (κ1) is 23.3. The molecule has 4 heterocycles. The second-order valence-electron chi connectivity index (χ2n) is 9.97. The molecule has 35 heavy (non-hydrogen) atoms. The van der Waals surface area contributed by atoms with E-state index in [0.717, 1.165) is 30.6 Å². The van der Waals surface area contributed by atoms with E-state index in [1.54, 1.807) is 48.3 Å². The van der Waals surface area contributed by atoms with Gasteiger partial charge in [0.25, 0.3) is 5.91 Å². The fraction of sp³-hybridized carbons (Fsp3) is 0.400. The van der Waals surface area contributed by atoms with E-state index in [1.807, 2.05) is 19.3 Å². The molecule has 1 aromatic carbocycles. The van der Waals surface area contributed by atoms with E-state index >= 15 is 0 Å². The van der Waals surface area contributed by atoms with Gasteiger partial charge in [-0.15, -0.1) is 0 Å². The summed E-state index contributed by atoms with van der Waals surface area (Å²) < 4.78 is 17.7. The Bertz CT molecular complexity index is 1420. The topological polar surface area (TPSA) is 99.7 Å². The van der Waals surface area contributed by atoms with Gasteiger partial charge in [0.15, 0.2) is 11.5 Å². The van der Waals surface area contributed by atoms with E-state index in [1.165, 1.54) is 6.07 Å². The van der Waals surface area contributed by atoms with Crippen LogP contribution in [0.2, 0.25) is 0 Å². The maximum Gasteiger partial charge on any atom is 0.257 e. The molecule has 0 spiro atoms. The Morgan fingerprint density at radius 2 is 2.09 bits per heavy atom. The summed E-state index contributed by atoms with van der Waals surface area (Å²) in [7, 11) is 1.83. The van der Waals surface area contributed by atoms with Crippen molar-refractivity contribution in [1.82, 2.24) is 24.5 Å². The monoisotopic (exact) mass is 479 g/mol. The first-order valence-corrected chi connectivity index (χ1v) is 11.7. The number of halogens is 1. The minimum absolute atomic E-state index is 0.220. The lowest BCUT2D eigenvalue weighted by Gasteiger charge is -2.23. The predicted octanol–water partition coefficient (Wildman–Crippen LogP) is 2.86. The number of amides is 1. The van der Waals surface area contributed by atoms with Crippen molar-refractivity contribution in [2.45, 2.75) is 38.8 Å². The Kier molecular flexibility index (Phi) is 5.72. The number of hydrogen-bond donors (Lipinski definition) is 3. The maximum absolute atomic E-state index is 14.5. The molecule has 10 heteroatoms. The molecule has 0 bridgehead atoms. The molecule has 4 aromatic rings. The van der Waals surface area contributed by atoms with Gasteiger partial charge >= 0.3 is 0 Å². The van der Waals surface area contributed by atoms with Crippen LogP contribution >= 0.6 is 0 Å². The molecule has 0 saturated carbocycles. The average Bonchev–Trinajstić information content (AvgIpc) is 3.48. The van der Waals surface area contributed by atoms with Gasteiger partial charge in [-0.1, -0.05) is 0 Å². The lowest BCUT2D eigenvalue weighted by Crippen LogP contribution is -2.41. The van der Waals surface area contributed by atoms with Crippen LogP contribution in [0.5, 0.6) is 0 Å². The Balaban J connectivity index is 1.40. The SMILES string of the molecule is Cc1cn2cc(NC(=O)c3ccc(N4CC[C@H](NCC(C)(C)O)C4)c4cn(C)nc34)cc(F)c2n1. The average molecular weight is 480 g/mol. The summed E-state index contributed by atoms with van der Waals surface area (Å²) in [6.45, 7) is 7.56. The van der Waals surface area contributed by atoms with Crippen LogP contribution < -0.4 is 15.5 Å². The van der Waals surface area contributed by atoms with E-state index < -0.39 is 11.4 Å². The number of pyridine rings is 1. The Hall–Kier alpha value is -3.50. The zero-order valence-corrected chi connectivity index (χ0v) is 20.3. The zero-order valence-electron chi connectivity index (χ0n) is 20.3. The van der Waals surface area contributed by atoms with Crippen molar-refractivity contribution in [3.05, 3.63) is 53.9 Å². The minimum Gasteiger partial charge on any atom is -0.389 e. The molecule has 9 nitrogen and oxygen atoms in total. The molecule has 5 rings (SSSR count). The lowest BCUT2D eigenvalue weighted by molar-refractivity contribution is 0.0771. The summed E-state index contributed by atoms with van der Waals surface area (Å²) in [6.07, 6.45) is 6.23. The molecule has 3 N–H and O–H groups in total. The Labute approximate surface area is 202 Å². The minimum atomic E-state index is -0.761. The van der Waals surface area contributed by atoms with Crippen LogP contribution in [0.15, 0.2) is 36.8 Å². The number of fused-ring (bicyclic) bond motifs is 2. The number of imidazole rings is 1. The van der Waals surface area contributed by atoms with E-state index in [0.29, 0.717) is 29.0 Å². The molecule has 0 unspecified atom stereocenters. The van der Waals surface area contributed by atoms with Gasteiger partial charge in [-0.3, -0.25) is 9.48 Å². The number of nitrogens with one attached hydrogen (secondary N) is 2. The van der Waals surface area contributed by atoms with Crippen LogP contribution in [0.4, 0.5) is 15.8 Å². The molecule has 1 saturated heterocycles. The third-order valence-electron chi connectivity index (χ3n) is 6.25. The summed E-state index contributed by atoms with van der Waals surface area (Å²) in [4.78, 5) is 19.6. The van der Waals surface area contributed by atoms with Crippen molar-refractivity contribution in [3.63, 3.8) is 0 Å². The van der Waals surface area contributed by atoms with Gasteiger partial charge in [-0.05, 0) is 39.3 Å². The van der Waals surface area contributed by atoms with Crippen LogP contribution in [0.3, 0.4) is 0 Å². The second kappa shape index (κ2) is 8.62. The zero-order chi connectivity index (χ0) is 24.9. The number of aromatic nitrogens is 4. The van der Waals surface area contributed by atoms with Crippen molar-refractivity contribution in [2.24, 2.45) is 7.05 Å². The molecule has 1 aliphatic rings. The molecule has 184 valence electrons. The van der Waals surface area contributed by atoms with Crippen LogP contribution in [0, 0.1) is 12.7 Å². The van der Waals surface area contributed by atoms with Crippen LogP contribution in [0.1, 0.15) is 36.3 Å². The lowest BCUT2D eigenvalue weighted by atomic mass is 10.1. The number of anilines is 2. The largest absolute Gasteiger partial charge is 0.389 e. The summed E-state index contributed by atoms with van der Waals surface area (Å²) in [5.41, 5.74) is 2.52. The van der Waals surface area contributed by atoms with E-state index in [4.69, 9.17) is 0 Å². The molecule has 0 radical (unpaired) electrons. The van der Waals surface area contributed by atoms with Gasteiger partial charge in [-0.2, -0.15) is 5.10 Å². The van der Waals surface area contributed by atoms with Gasteiger partial charge in [-0.25, -0.2) is 9.37 Å². The predicted molar refractivity (Wildman–Crippen MR) is 133 cm³/mol. The van der Waals surface area contributed by atoms with Crippen LogP contribution in [0.25, 0.3) is 16.6 Å². The highest BCUT2D eigenvalue weighted by atomic mass is 19.1. The summed E-state index contributed by atoms with van der Waals surface area (Å²) in [6, 6.07) is 5.26. The number of carbonyl (C=O) groups excluding carboxylic acids is 1.